The van der Waals surface area contributed by atoms with Crippen LogP contribution in [0, 0.1) is 0 Å². The Balaban J connectivity index is 2.17. The zero-order valence-corrected chi connectivity index (χ0v) is 34.3. The molecular weight excluding hydrogens is 747 g/mol. The van der Waals surface area contributed by atoms with E-state index in [1.807, 2.05) is 6.92 Å². The number of primary amides is 1. The number of ether oxygens (including phenoxy) is 1. The van der Waals surface area contributed by atoms with Crippen LogP contribution in [-0.4, -0.2) is 128 Å². The van der Waals surface area contributed by atoms with Gasteiger partial charge in [0.1, 0.15) is 23.7 Å². The Morgan fingerprint density at radius 3 is 2.18 bits per heavy atom. The average molecular weight is 812 g/mol. The molecule has 0 radical (unpaired) electrons. The van der Waals surface area contributed by atoms with Crippen LogP contribution in [-0.2, 0) is 47.9 Å². The van der Waals surface area contributed by atoms with Crippen LogP contribution in [0.1, 0.15) is 116 Å². The van der Waals surface area contributed by atoms with Crippen molar-refractivity contribution in [1.82, 2.24) is 31.5 Å². The van der Waals surface area contributed by atoms with Gasteiger partial charge in [-0.05, 0) is 70.7 Å². The van der Waals surface area contributed by atoms with Crippen LogP contribution in [0.4, 0.5) is 0 Å². The molecule has 1 unspecified atom stereocenters. The lowest BCUT2D eigenvalue weighted by Gasteiger charge is -2.17. The van der Waals surface area contributed by atoms with Crippen molar-refractivity contribution >= 4 is 64.7 Å². The smallest absolute Gasteiger partial charge is 0.242 e. The van der Waals surface area contributed by atoms with Crippen molar-refractivity contribution in [3.05, 3.63) is 0 Å². The highest BCUT2D eigenvalue weighted by atomic mass is 32.2. The molecule has 1 aliphatic rings. The molecule has 1 heterocycles. The molecule has 18 heteroatoms. The van der Waals surface area contributed by atoms with Crippen LogP contribution in [0.5, 0.6) is 0 Å². The maximum atomic E-state index is 12.8. The van der Waals surface area contributed by atoms with E-state index in [0.29, 0.717) is 83.1 Å². The summed E-state index contributed by atoms with van der Waals surface area (Å²) < 4.78 is 5.48. The molecule has 1 fully saturated rings. The van der Waals surface area contributed by atoms with E-state index in [9.17, 15) is 43.2 Å². The average Bonchev–Trinajstić information content (AvgIpc) is 3.42. The first-order chi connectivity index (χ1) is 26.8. The van der Waals surface area contributed by atoms with Crippen LogP contribution < -0.4 is 32.3 Å². The van der Waals surface area contributed by atoms with Crippen LogP contribution in [0.2, 0.25) is 0 Å². The van der Waals surface area contributed by atoms with Gasteiger partial charge in [0.15, 0.2) is 0 Å². The predicted octanol–water partition coefficient (Wildman–Crippen LogP) is 0.800. The zero-order chi connectivity index (χ0) is 41.7. The third-order valence-electron chi connectivity index (χ3n) is 9.01. The Kier molecular flexibility index (Phi) is 27.1. The third-order valence-corrected chi connectivity index (χ3v) is 10.3. The summed E-state index contributed by atoms with van der Waals surface area (Å²) >= 11 is 1.39. The van der Waals surface area contributed by atoms with Gasteiger partial charge in [-0.1, -0.05) is 13.3 Å². The second-order valence-corrected chi connectivity index (χ2v) is 15.1. The summed E-state index contributed by atoms with van der Waals surface area (Å²) in [5.74, 6) is -1.84. The van der Waals surface area contributed by atoms with Gasteiger partial charge in [-0.3, -0.25) is 48.1 Å². The number of nitrogens with two attached hydrogens (primary N) is 1. The van der Waals surface area contributed by atoms with E-state index in [1.54, 1.807) is 7.05 Å². The number of amides is 7. The van der Waals surface area contributed by atoms with Gasteiger partial charge in [0, 0.05) is 78.1 Å². The van der Waals surface area contributed by atoms with E-state index in [0.717, 1.165) is 11.3 Å². The molecular formula is C38H65N7O10S. The van der Waals surface area contributed by atoms with Crippen LogP contribution in [0.15, 0.2) is 0 Å². The number of carbonyl (C=O) groups excluding carboxylic acids is 9. The number of carbonyl (C=O) groups is 9. The van der Waals surface area contributed by atoms with Gasteiger partial charge in [0.05, 0.1) is 11.9 Å². The van der Waals surface area contributed by atoms with E-state index in [1.165, 1.54) is 18.8 Å². The number of likely N-dealkylation sites (N-methyl/N-ethyl adjacent to an activating group) is 1. The lowest BCUT2D eigenvalue weighted by atomic mass is 10.1. The molecule has 56 heavy (non-hydrogen) atoms. The quantitative estimate of drug-likeness (QED) is 0.0390. The maximum Gasteiger partial charge on any atom is 0.242 e. The second-order valence-electron chi connectivity index (χ2n) is 13.8. The van der Waals surface area contributed by atoms with E-state index in [2.05, 4.69) is 26.6 Å². The van der Waals surface area contributed by atoms with E-state index >= 15 is 0 Å². The van der Waals surface area contributed by atoms with Gasteiger partial charge in [0.2, 0.25) is 41.4 Å². The van der Waals surface area contributed by atoms with Gasteiger partial charge in [-0.15, -0.1) is 11.8 Å². The van der Waals surface area contributed by atoms with Gasteiger partial charge in [0.25, 0.3) is 0 Å². The summed E-state index contributed by atoms with van der Waals surface area (Å²) in [5, 5.41) is 13.0. The minimum Gasteiger partial charge on any atom is -0.381 e. The molecule has 1 aliphatic heterocycles. The minimum atomic E-state index is -0.907. The van der Waals surface area contributed by atoms with Crippen molar-refractivity contribution in [2.45, 2.75) is 133 Å². The molecule has 3 atom stereocenters. The summed E-state index contributed by atoms with van der Waals surface area (Å²) in [6.07, 6.45) is 6.74. The number of rotatable bonds is 34. The number of nitrogens with zero attached hydrogens (tertiary/aromatic N) is 1. The number of thioether (sulfide) groups is 1. The van der Waals surface area contributed by atoms with Gasteiger partial charge in [-0.25, -0.2) is 0 Å². The monoisotopic (exact) mass is 811 g/mol. The zero-order valence-electron chi connectivity index (χ0n) is 33.5. The first-order valence-electron chi connectivity index (χ1n) is 19.9. The number of Topliss-reactive ketones (excluding diaryl/α,β-unsaturated/α-hetero) is 2. The topological polar surface area (TPSA) is 252 Å². The summed E-state index contributed by atoms with van der Waals surface area (Å²) in [5.41, 5.74) is 5.36. The Morgan fingerprint density at radius 2 is 1.48 bits per heavy atom. The molecule has 318 valence electrons. The van der Waals surface area contributed by atoms with Gasteiger partial charge >= 0.3 is 0 Å². The molecule has 0 saturated carbocycles. The first kappa shape index (κ1) is 50.1. The predicted molar refractivity (Wildman–Crippen MR) is 212 cm³/mol. The number of imide groups is 1. The van der Waals surface area contributed by atoms with Crippen LogP contribution in [0.3, 0.4) is 0 Å². The SMILES string of the molecule is CCCC(=O)N[C@@H](CCCCNC(=O)CCOCCCC(=O)CCN1C(=O)CC(SCCCCCC(=O)N[C@@H](CC(=O)CCCNC)C(=O)NC)C1=O)C(N)=O. The van der Waals surface area contributed by atoms with Crippen LogP contribution in [0.25, 0.3) is 0 Å². The summed E-state index contributed by atoms with van der Waals surface area (Å²) in [7, 11) is 3.25. The number of hydrogen-bond acceptors (Lipinski definition) is 12. The van der Waals surface area contributed by atoms with Gasteiger partial charge in [-0.2, -0.15) is 0 Å². The molecule has 0 aromatic rings. The van der Waals surface area contributed by atoms with Crippen molar-refractivity contribution in [2.24, 2.45) is 5.73 Å². The Bertz CT molecular complexity index is 1300. The second kappa shape index (κ2) is 30.3. The molecule has 0 aromatic heterocycles. The van der Waals surface area contributed by atoms with Crippen molar-refractivity contribution in [3.63, 3.8) is 0 Å². The van der Waals surface area contributed by atoms with Crippen molar-refractivity contribution < 1.29 is 47.9 Å². The molecule has 7 N–H and O–H groups in total. The summed E-state index contributed by atoms with van der Waals surface area (Å²) in [4.78, 5) is 111. The molecule has 1 rings (SSSR count). The highest BCUT2D eigenvalue weighted by molar-refractivity contribution is 8.00. The summed E-state index contributed by atoms with van der Waals surface area (Å²) in [6, 6.07) is -1.63. The minimum absolute atomic E-state index is 0.0406. The van der Waals surface area contributed by atoms with E-state index < -0.39 is 29.1 Å². The maximum absolute atomic E-state index is 12.8. The van der Waals surface area contributed by atoms with E-state index in [-0.39, 0.29) is 99.4 Å². The number of hydrogen-bond donors (Lipinski definition) is 6. The first-order valence-corrected chi connectivity index (χ1v) is 21.0. The molecule has 1 saturated heterocycles. The molecule has 0 aromatic carbocycles. The Morgan fingerprint density at radius 1 is 0.768 bits per heavy atom. The Labute approximate surface area is 335 Å². The van der Waals surface area contributed by atoms with Crippen molar-refractivity contribution in [2.75, 3.05) is 52.7 Å². The summed E-state index contributed by atoms with van der Waals surface area (Å²) in [6.45, 7) is 3.50. The fourth-order valence-corrected chi connectivity index (χ4v) is 7.00. The lowest BCUT2D eigenvalue weighted by molar-refractivity contribution is -0.138. The standard InChI is InChI=1S/C38H65N7O10S/c1-4-12-33(49)43-29(36(39)52)15-7-8-20-42-32(48)18-23-55-22-11-14-27(46)17-21-45-35(51)26-31(38(45)54)56-24-9-5-6-16-34(50)44-30(37(53)41-3)25-28(47)13-10-19-40-2/h29-31,40H,4-26H2,1-3H3,(H2,39,52)(H,41,53)(H,42,48)(H,43,49)(H,44,50)/t29-,30-,31?/m0/s1. The Hall–Kier alpha value is -3.90. The normalized spacial score (nSPS) is 14.9. The highest BCUT2D eigenvalue weighted by Gasteiger charge is 2.38. The molecule has 17 nitrogen and oxygen atoms in total. The lowest BCUT2D eigenvalue weighted by Crippen LogP contribution is -2.46. The van der Waals surface area contributed by atoms with Crippen molar-refractivity contribution in [1.29, 1.82) is 0 Å². The number of nitrogens with one attached hydrogen (secondary N) is 5. The van der Waals surface area contributed by atoms with Crippen molar-refractivity contribution in [3.8, 4) is 0 Å². The third kappa shape index (κ3) is 22.6. The molecule has 0 aliphatic carbocycles. The highest BCUT2D eigenvalue weighted by Crippen LogP contribution is 2.26. The van der Waals surface area contributed by atoms with Gasteiger partial charge < -0.3 is 37.1 Å². The fraction of sp³-hybridized carbons (Fsp3) is 0.763. The number of ketones is 2. The number of unbranched alkanes of at least 4 members (excludes halogenated alkanes) is 3. The van der Waals surface area contributed by atoms with E-state index in [4.69, 9.17) is 10.5 Å². The fourth-order valence-electron chi connectivity index (χ4n) is 5.82. The molecule has 0 spiro atoms. The molecule has 7 amide bonds. The largest absolute Gasteiger partial charge is 0.381 e. The molecule has 0 bridgehead atoms. The van der Waals surface area contributed by atoms with Crippen LogP contribution >= 0.6 is 11.8 Å². The number of likely N-dealkylation sites (tertiary alicyclic amines) is 1.